The topological polar surface area (TPSA) is 42.0 Å². The molecule has 0 bridgehead atoms. The monoisotopic (exact) mass is 374 g/mol. The van der Waals surface area contributed by atoms with Gasteiger partial charge in [0.05, 0.1) is 18.8 Å². The molecule has 1 aliphatic heterocycles. The lowest BCUT2D eigenvalue weighted by atomic mass is 10.1. The summed E-state index contributed by atoms with van der Waals surface area (Å²) in [7, 11) is 0. The van der Waals surface area contributed by atoms with Gasteiger partial charge in [-0.3, -0.25) is 4.79 Å². The number of halogens is 3. The lowest BCUT2D eigenvalue weighted by Crippen LogP contribution is -2.54. The second-order valence-corrected chi connectivity index (χ2v) is 6.18. The minimum absolute atomic E-state index is 0.00728. The van der Waals surface area contributed by atoms with Gasteiger partial charge in [0.25, 0.3) is 0 Å². The number of ether oxygens (including phenoxy) is 2. The van der Waals surface area contributed by atoms with E-state index in [1.165, 1.54) is 12.1 Å². The standard InChI is InChI=1S/C18H25F3N2O3/c1-3-25-10-11-26-13-17(24)22-8-9-23(14(2)12-22)16-6-4-15(5-7-16)18(19,20)21/h4-7,14H,3,8-13H2,1-2H3. The number of amides is 1. The van der Waals surface area contributed by atoms with E-state index in [0.717, 1.165) is 17.8 Å². The number of anilines is 1. The Morgan fingerprint density at radius 1 is 1.15 bits per heavy atom. The van der Waals surface area contributed by atoms with Crippen LogP contribution in [-0.2, 0) is 20.4 Å². The highest BCUT2D eigenvalue weighted by molar-refractivity contribution is 5.77. The van der Waals surface area contributed by atoms with Crippen molar-refractivity contribution in [1.82, 2.24) is 4.90 Å². The highest BCUT2D eigenvalue weighted by atomic mass is 19.4. The van der Waals surface area contributed by atoms with Gasteiger partial charge in [-0.1, -0.05) is 0 Å². The van der Waals surface area contributed by atoms with Gasteiger partial charge in [-0.2, -0.15) is 13.2 Å². The molecule has 1 fully saturated rings. The number of nitrogens with zero attached hydrogens (tertiary/aromatic N) is 2. The van der Waals surface area contributed by atoms with Gasteiger partial charge in [-0.15, -0.1) is 0 Å². The van der Waals surface area contributed by atoms with Gasteiger partial charge < -0.3 is 19.3 Å². The van der Waals surface area contributed by atoms with E-state index in [1.54, 1.807) is 4.90 Å². The van der Waals surface area contributed by atoms with E-state index in [4.69, 9.17) is 9.47 Å². The Labute approximate surface area is 151 Å². The molecule has 0 saturated carbocycles. The fourth-order valence-corrected chi connectivity index (χ4v) is 2.92. The first-order valence-corrected chi connectivity index (χ1v) is 8.70. The molecule has 0 spiro atoms. The van der Waals surface area contributed by atoms with E-state index in [1.807, 2.05) is 18.7 Å². The van der Waals surface area contributed by atoms with Crippen LogP contribution in [0, 0.1) is 0 Å². The zero-order chi connectivity index (χ0) is 19.2. The first-order chi connectivity index (χ1) is 12.3. The first-order valence-electron chi connectivity index (χ1n) is 8.70. The molecule has 1 saturated heterocycles. The second kappa shape index (κ2) is 9.23. The normalized spacial score (nSPS) is 18.3. The molecular weight excluding hydrogens is 349 g/mol. The molecule has 1 heterocycles. The number of carbonyl (C=O) groups excluding carboxylic acids is 1. The van der Waals surface area contributed by atoms with Gasteiger partial charge in [0, 0.05) is 38.0 Å². The lowest BCUT2D eigenvalue weighted by molar-refractivity contribution is -0.138. The summed E-state index contributed by atoms with van der Waals surface area (Å²) in [6.45, 7) is 6.89. The molecule has 2 rings (SSSR count). The van der Waals surface area contributed by atoms with Crippen LogP contribution in [-0.4, -0.2) is 62.9 Å². The van der Waals surface area contributed by atoms with E-state index in [-0.39, 0.29) is 18.6 Å². The maximum absolute atomic E-state index is 12.7. The van der Waals surface area contributed by atoms with Crippen LogP contribution in [0.25, 0.3) is 0 Å². The quantitative estimate of drug-likeness (QED) is 0.689. The number of alkyl halides is 3. The van der Waals surface area contributed by atoms with Crippen molar-refractivity contribution in [2.24, 2.45) is 0 Å². The number of rotatable bonds is 7. The lowest BCUT2D eigenvalue weighted by Gasteiger charge is -2.41. The van der Waals surface area contributed by atoms with Crippen molar-refractivity contribution in [3.05, 3.63) is 29.8 Å². The van der Waals surface area contributed by atoms with Crippen molar-refractivity contribution in [2.75, 3.05) is 51.0 Å². The summed E-state index contributed by atoms with van der Waals surface area (Å²) in [5.74, 6) is -0.0829. The zero-order valence-corrected chi connectivity index (χ0v) is 15.1. The van der Waals surface area contributed by atoms with E-state index in [9.17, 15) is 18.0 Å². The third kappa shape index (κ3) is 5.60. The molecule has 1 amide bonds. The first kappa shape index (κ1) is 20.5. The van der Waals surface area contributed by atoms with Crippen molar-refractivity contribution in [3.8, 4) is 0 Å². The van der Waals surface area contributed by atoms with Gasteiger partial charge in [0.15, 0.2) is 0 Å². The molecule has 1 aromatic rings. The van der Waals surface area contributed by atoms with Gasteiger partial charge in [0.1, 0.15) is 6.61 Å². The Morgan fingerprint density at radius 2 is 1.81 bits per heavy atom. The second-order valence-electron chi connectivity index (χ2n) is 6.18. The van der Waals surface area contributed by atoms with Crippen LogP contribution in [0.4, 0.5) is 18.9 Å². The van der Waals surface area contributed by atoms with E-state index >= 15 is 0 Å². The van der Waals surface area contributed by atoms with Crippen LogP contribution in [0.1, 0.15) is 19.4 Å². The van der Waals surface area contributed by atoms with Crippen LogP contribution in [0.15, 0.2) is 24.3 Å². The van der Waals surface area contributed by atoms with Gasteiger partial charge in [-0.05, 0) is 38.1 Å². The third-order valence-electron chi connectivity index (χ3n) is 4.31. The molecule has 1 atom stereocenters. The van der Waals surface area contributed by atoms with Gasteiger partial charge in [0.2, 0.25) is 5.91 Å². The Bertz CT molecular complexity index is 578. The molecule has 5 nitrogen and oxygen atoms in total. The van der Waals surface area contributed by atoms with Crippen molar-refractivity contribution >= 4 is 11.6 Å². The summed E-state index contributed by atoms with van der Waals surface area (Å²) in [5.41, 5.74) is 0.0671. The highest BCUT2D eigenvalue weighted by Crippen LogP contribution is 2.31. The van der Waals surface area contributed by atoms with E-state index < -0.39 is 11.7 Å². The molecular formula is C18H25F3N2O3. The van der Waals surface area contributed by atoms with E-state index in [2.05, 4.69) is 0 Å². The van der Waals surface area contributed by atoms with Gasteiger partial charge >= 0.3 is 6.18 Å². The maximum atomic E-state index is 12.7. The summed E-state index contributed by atoms with van der Waals surface area (Å²) in [6.07, 6.45) is -4.34. The molecule has 1 unspecified atom stereocenters. The summed E-state index contributed by atoms with van der Waals surface area (Å²) >= 11 is 0. The van der Waals surface area contributed by atoms with Crippen LogP contribution in [0.5, 0.6) is 0 Å². The average Bonchev–Trinajstić information content (AvgIpc) is 2.60. The Hall–Kier alpha value is -1.80. The Balaban J connectivity index is 1.85. The fourth-order valence-electron chi connectivity index (χ4n) is 2.92. The molecule has 1 aliphatic rings. The van der Waals surface area contributed by atoms with Crippen LogP contribution in [0.2, 0.25) is 0 Å². The fraction of sp³-hybridized carbons (Fsp3) is 0.611. The largest absolute Gasteiger partial charge is 0.416 e. The molecule has 0 aromatic heterocycles. The number of hydrogen-bond donors (Lipinski definition) is 0. The average molecular weight is 374 g/mol. The predicted molar refractivity (Wildman–Crippen MR) is 92.1 cm³/mol. The minimum atomic E-state index is -4.34. The van der Waals surface area contributed by atoms with Crippen molar-refractivity contribution < 1.29 is 27.4 Å². The number of piperazine rings is 1. The van der Waals surface area contributed by atoms with Crippen molar-refractivity contribution in [2.45, 2.75) is 26.1 Å². The molecule has 0 N–H and O–H groups in total. The van der Waals surface area contributed by atoms with Gasteiger partial charge in [-0.25, -0.2) is 0 Å². The summed E-state index contributed by atoms with van der Waals surface area (Å²) < 4.78 is 48.5. The molecule has 26 heavy (non-hydrogen) atoms. The van der Waals surface area contributed by atoms with Crippen molar-refractivity contribution in [1.29, 1.82) is 0 Å². The molecule has 0 aliphatic carbocycles. The van der Waals surface area contributed by atoms with Crippen molar-refractivity contribution in [3.63, 3.8) is 0 Å². The summed E-state index contributed by atoms with van der Waals surface area (Å²) in [5, 5.41) is 0. The Kier molecular flexibility index (Phi) is 7.28. The summed E-state index contributed by atoms with van der Waals surface area (Å²) in [4.78, 5) is 15.9. The van der Waals surface area contributed by atoms with Crippen LogP contribution in [0.3, 0.4) is 0 Å². The molecule has 0 radical (unpaired) electrons. The van der Waals surface area contributed by atoms with E-state index in [0.29, 0.717) is 39.5 Å². The maximum Gasteiger partial charge on any atom is 0.416 e. The SMILES string of the molecule is CCOCCOCC(=O)N1CCN(c2ccc(C(F)(F)F)cc2)C(C)C1. The number of carbonyl (C=O) groups is 1. The number of hydrogen-bond acceptors (Lipinski definition) is 4. The minimum Gasteiger partial charge on any atom is -0.379 e. The number of benzene rings is 1. The Morgan fingerprint density at radius 3 is 2.38 bits per heavy atom. The third-order valence-corrected chi connectivity index (χ3v) is 4.31. The van der Waals surface area contributed by atoms with Crippen LogP contribution >= 0.6 is 0 Å². The molecule has 1 aromatic carbocycles. The zero-order valence-electron chi connectivity index (χ0n) is 15.1. The molecule has 8 heteroatoms. The highest BCUT2D eigenvalue weighted by Gasteiger charge is 2.31. The smallest absolute Gasteiger partial charge is 0.379 e. The van der Waals surface area contributed by atoms with Crippen LogP contribution < -0.4 is 4.90 Å². The molecule has 146 valence electrons. The predicted octanol–water partition coefficient (Wildman–Crippen LogP) is 2.80. The summed E-state index contributed by atoms with van der Waals surface area (Å²) in [6, 6.07) is 5.15.